The van der Waals surface area contributed by atoms with Gasteiger partial charge in [-0.2, -0.15) is 31.4 Å². The van der Waals surface area contributed by atoms with Crippen molar-refractivity contribution in [1.82, 2.24) is 14.8 Å². The molecule has 0 saturated heterocycles. The fourth-order valence-corrected chi connectivity index (χ4v) is 3.66. The Morgan fingerprint density at radius 1 is 1.00 bits per heavy atom. The van der Waals surface area contributed by atoms with Crippen molar-refractivity contribution in [3.8, 4) is 5.69 Å². The van der Waals surface area contributed by atoms with E-state index in [9.17, 15) is 40.3 Å². The summed E-state index contributed by atoms with van der Waals surface area (Å²) in [5.74, 6) is -0.813. The molecule has 3 rings (SSSR count). The third kappa shape index (κ3) is 5.26. The summed E-state index contributed by atoms with van der Waals surface area (Å²) < 4.78 is 100. The van der Waals surface area contributed by atoms with Crippen LogP contribution in [-0.4, -0.2) is 46.2 Å². The van der Waals surface area contributed by atoms with Gasteiger partial charge >= 0.3 is 24.1 Å². The Morgan fingerprint density at radius 3 is 2.18 bits per heavy atom. The van der Waals surface area contributed by atoms with Crippen LogP contribution in [0.15, 0.2) is 43.0 Å². The van der Waals surface area contributed by atoms with E-state index in [1.807, 2.05) is 0 Å². The molecule has 2 aromatic carbocycles. The van der Waals surface area contributed by atoms with Gasteiger partial charge in [0.05, 0.1) is 18.5 Å². The van der Waals surface area contributed by atoms with Crippen LogP contribution in [-0.2, 0) is 16.8 Å². The van der Waals surface area contributed by atoms with E-state index in [0.717, 1.165) is 14.0 Å². The molecule has 0 atom stereocenters. The Hall–Kier alpha value is -4.17. The summed E-state index contributed by atoms with van der Waals surface area (Å²) in [6.45, 7) is 2.56. The molecule has 2 amide bonds. The van der Waals surface area contributed by atoms with E-state index in [2.05, 4.69) is 25.5 Å². The molecule has 0 saturated carbocycles. The first kappa shape index (κ1) is 28.4. The highest BCUT2D eigenvalue weighted by Crippen LogP contribution is 2.53. The van der Waals surface area contributed by atoms with Crippen LogP contribution >= 0.6 is 0 Å². The molecule has 2 N–H and O–H groups in total. The summed E-state index contributed by atoms with van der Waals surface area (Å²) in [5.41, 5.74) is -7.39. The number of rotatable bonds is 6. The summed E-state index contributed by atoms with van der Waals surface area (Å²) in [4.78, 5) is 28.6. The predicted molar refractivity (Wildman–Crippen MR) is 121 cm³/mol. The topological polar surface area (TPSA) is 98.1 Å². The van der Waals surface area contributed by atoms with Gasteiger partial charge in [-0.05, 0) is 48.7 Å². The van der Waals surface area contributed by atoms with E-state index in [4.69, 9.17) is 0 Å². The highest BCUT2D eigenvalue weighted by Gasteiger charge is 2.73. The minimum Gasteiger partial charge on any atom is -0.453 e. The van der Waals surface area contributed by atoms with E-state index in [1.54, 1.807) is 0 Å². The smallest absolute Gasteiger partial charge is 0.435 e. The molecule has 0 bridgehead atoms. The van der Waals surface area contributed by atoms with Gasteiger partial charge in [-0.1, -0.05) is 13.0 Å². The number of alkyl halides is 7. The Bertz CT molecular complexity index is 1320. The van der Waals surface area contributed by atoms with Crippen molar-refractivity contribution in [2.45, 2.75) is 38.3 Å². The Morgan fingerprint density at radius 2 is 1.66 bits per heavy atom. The quantitative estimate of drug-likeness (QED) is 0.377. The zero-order valence-corrected chi connectivity index (χ0v) is 20.0. The first-order valence-electron chi connectivity index (χ1n) is 10.8. The lowest BCUT2D eigenvalue weighted by molar-refractivity contribution is -0.348. The second-order valence-electron chi connectivity index (χ2n) is 7.98. The van der Waals surface area contributed by atoms with Crippen molar-refractivity contribution in [1.29, 1.82) is 0 Å². The van der Waals surface area contributed by atoms with Crippen molar-refractivity contribution < 1.29 is 45.1 Å². The number of nitrogens with one attached hydrogen (secondary N) is 2. The predicted octanol–water partition coefficient (Wildman–Crippen LogP) is 5.86. The lowest BCUT2D eigenvalue weighted by Crippen LogP contribution is -2.50. The number of carbonyl (C=O) groups is 2. The average molecular weight is 547 g/mol. The number of hydrogen-bond donors (Lipinski definition) is 2. The minimum atomic E-state index is -6.28. The molecular weight excluding hydrogens is 527 g/mol. The maximum atomic E-state index is 14.6. The van der Waals surface area contributed by atoms with E-state index >= 15 is 0 Å². The number of benzene rings is 2. The van der Waals surface area contributed by atoms with Crippen molar-refractivity contribution in [2.75, 3.05) is 17.7 Å². The van der Waals surface area contributed by atoms with Gasteiger partial charge in [0.2, 0.25) is 0 Å². The SMILES string of the molecule is CCc1cc(C(F)(C(F)(F)F)C(F)(F)F)cc(C)c1NC(=O)c1ccc(-n2cncn2)c(NC(=O)OC)c1. The van der Waals surface area contributed by atoms with E-state index in [0.29, 0.717) is 17.8 Å². The van der Waals surface area contributed by atoms with Gasteiger partial charge < -0.3 is 10.1 Å². The number of nitrogens with zero attached hydrogens (tertiary/aromatic N) is 3. The maximum Gasteiger partial charge on any atom is 0.435 e. The third-order valence-electron chi connectivity index (χ3n) is 5.56. The summed E-state index contributed by atoms with van der Waals surface area (Å²) >= 11 is 0. The van der Waals surface area contributed by atoms with Gasteiger partial charge in [0, 0.05) is 16.8 Å². The van der Waals surface area contributed by atoms with Crippen LogP contribution in [0.4, 0.5) is 46.9 Å². The molecule has 1 heterocycles. The van der Waals surface area contributed by atoms with Crippen LogP contribution in [0, 0.1) is 6.92 Å². The standard InChI is InChI=1S/C23H20F7N5O3/c1-4-13-8-15(21(24,22(25,26)27)23(28,29)30)7-12(2)18(13)34-19(36)14-5-6-17(35-11-31-10-32-35)16(9-14)33-20(37)38-3/h5-11H,4H2,1-3H3,(H,33,37)(H,34,36). The number of ether oxygens (including phenoxy) is 1. The zero-order chi connectivity index (χ0) is 28.5. The number of aryl methyl sites for hydroxylation is 2. The van der Waals surface area contributed by atoms with Gasteiger partial charge in [0.25, 0.3) is 5.91 Å². The van der Waals surface area contributed by atoms with E-state index in [1.165, 1.54) is 42.5 Å². The molecule has 8 nitrogen and oxygen atoms in total. The number of halogens is 7. The molecule has 0 fully saturated rings. The lowest BCUT2D eigenvalue weighted by Gasteiger charge is -2.31. The second kappa shape index (κ2) is 10.3. The fraction of sp³-hybridized carbons (Fsp3) is 0.304. The number of anilines is 2. The summed E-state index contributed by atoms with van der Waals surface area (Å²) in [6.07, 6.45) is -11.0. The monoisotopic (exact) mass is 547 g/mol. The van der Waals surface area contributed by atoms with Crippen molar-refractivity contribution in [3.63, 3.8) is 0 Å². The third-order valence-corrected chi connectivity index (χ3v) is 5.56. The largest absolute Gasteiger partial charge is 0.453 e. The molecule has 15 heteroatoms. The summed E-state index contributed by atoms with van der Waals surface area (Å²) in [5, 5.41) is 8.80. The number of methoxy groups -OCH3 is 1. The number of carbonyl (C=O) groups excluding carboxylic acids is 2. The molecule has 0 aliphatic heterocycles. The maximum absolute atomic E-state index is 14.6. The fourth-order valence-electron chi connectivity index (χ4n) is 3.66. The molecule has 0 aliphatic rings. The van der Waals surface area contributed by atoms with Crippen molar-refractivity contribution in [2.24, 2.45) is 0 Å². The Kier molecular flexibility index (Phi) is 7.70. The highest BCUT2D eigenvalue weighted by molar-refractivity contribution is 6.06. The molecule has 3 aromatic rings. The molecule has 0 unspecified atom stereocenters. The lowest BCUT2D eigenvalue weighted by atomic mass is 9.89. The second-order valence-corrected chi connectivity index (χ2v) is 7.98. The van der Waals surface area contributed by atoms with Gasteiger partial charge in [-0.25, -0.2) is 18.9 Å². The van der Waals surface area contributed by atoms with Crippen molar-refractivity contribution >= 4 is 23.4 Å². The van der Waals surface area contributed by atoms with Crippen molar-refractivity contribution in [3.05, 3.63) is 65.2 Å². The van der Waals surface area contributed by atoms with Gasteiger partial charge in [-0.3, -0.25) is 10.1 Å². The Balaban J connectivity index is 2.03. The molecule has 0 aliphatic carbocycles. The molecular formula is C23H20F7N5O3. The molecule has 204 valence electrons. The number of aromatic nitrogens is 3. The normalized spacial score (nSPS) is 12.3. The molecule has 38 heavy (non-hydrogen) atoms. The van der Waals surface area contributed by atoms with Crippen LogP contribution in [0.25, 0.3) is 5.69 Å². The molecule has 1 aromatic heterocycles. The Labute approximate surface area is 210 Å². The van der Waals surface area contributed by atoms with E-state index in [-0.39, 0.29) is 34.5 Å². The zero-order valence-electron chi connectivity index (χ0n) is 20.0. The summed E-state index contributed by atoms with van der Waals surface area (Å²) in [7, 11) is 1.11. The van der Waals surface area contributed by atoms with Crippen LogP contribution < -0.4 is 10.6 Å². The first-order chi connectivity index (χ1) is 17.6. The number of amides is 2. The van der Waals surface area contributed by atoms with Gasteiger partial charge in [0.1, 0.15) is 12.7 Å². The first-order valence-corrected chi connectivity index (χ1v) is 10.8. The van der Waals surface area contributed by atoms with Gasteiger partial charge in [-0.15, -0.1) is 0 Å². The van der Waals surface area contributed by atoms with E-state index < -0.39 is 35.6 Å². The number of hydrogen-bond acceptors (Lipinski definition) is 5. The van der Waals surface area contributed by atoms with Crippen LogP contribution in [0.5, 0.6) is 0 Å². The summed E-state index contributed by atoms with van der Waals surface area (Å²) in [6, 6.07) is 4.83. The van der Waals surface area contributed by atoms with Crippen LogP contribution in [0.3, 0.4) is 0 Å². The highest BCUT2D eigenvalue weighted by atomic mass is 19.4. The van der Waals surface area contributed by atoms with Gasteiger partial charge in [0.15, 0.2) is 0 Å². The molecule has 0 spiro atoms. The van der Waals surface area contributed by atoms with Crippen LogP contribution in [0.1, 0.15) is 34.0 Å². The average Bonchev–Trinajstić information content (AvgIpc) is 3.37. The minimum absolute atomic E-state index is 0.0452. The van der Waals surface area contributed by atoms with Crippen LogP contribution in [0.2, 0.25) is 0 Å². The molecule has 0 radical (unpaired) electrons.